The number of ether oxygens (including phenoxy) is 1. The van der Waals surface area contributed by atoms with E-state index in [1.165, 1.54) is 25.0 Å². The number of nitrogens with one attached hydrogen (secondary N) is 2. The predicted octanol–water partition coefficient (Wildman–Crippen LogP) is 3.67. The lowest BCUT2D eigenvalue weighted by atomic mass is 10.2. The molecule has 1 aromatic heterocycles. The largest absolute Gasteiger partial charge is 0.489 e. The van der Waals surface area contributed by atoms with Gasteiger partial charge in [-0.1, -0.05) is 19.4 Å². The lowest BCUT2D eigenvalue weighted by Gasteiger charge is -2.20. The van der Waals surface area contributed by atoms with Crippen LogP contribution in [0.1, 0.15) is 51.2 Å². The Balaban J connectivity index is 0.00000320. The van der Waals surface area contributed by atoms with Gasteiger partial charge in [-0.15, -0.1) is 34.2 Å². The Bertz CT molecular complexity index is 813. The van der Waals surface area contributed by atoms with E-state index in [1.807, 2.05) is 13.8 Å². The molecule has 1 aliphatic heterocycles. The molecule has 0 spiro atoms. The smallest absolute Gasteiger partial charge is 0.191 e. The van der Waals surface area contributed by atoms with Crippen molar-refractivity contribution < 1.29 is 9.13 Å². The van der Waals surface area contributed by atoms with Crippen LogP contribution < -0.4 is 15.4 Å². The third-order valence-corrected chi connectivity index (χ3v) is 4.96. The van der Waals surface area contributed by atoms with Crippen molar-refractivity contribution in [2.24, 2.45) is 4.99 Å². The second kappa shape index (κ2) is 12.7. The Kier molecular flexibility index (Phi) is 10.3. The van der Waals surface area contributed by atoms with Gasteiger partial charge in [-0.05, 0) is 38.3 Å². The first-order valence-electron chi connectivity index (χ1n) is 10.5. The number of aryl methyl sites for hydroxylation is 1. The quantitative estimate of drug-likeness (QED) is 0.310. The van der Waals surface area contributed by atoms with Crippen LogP contribution in [0.25, 0.3) is 0 Å². The molecule has 2 N–H and O–H groups in total. The lowest BCUT2D eigenvalue weighted by molar-refractivity contribution is 0.198. The van der Waals surface area contributed by atoms with Crippen molar-refractivity contribution in [3.63, 3.8) is 0 Å². The first-order chi connectivity index (χ1) is 14.2. The topological polar surface area (TPSA) is 76.4 Å². The van der Waals surface area contributed by atoms with Gasteiger partial charge in [0.05, 0.1) is 6.54 Å². The molecule has 2 heterocycles. The average molecular weight is 530 g/mol. The van der Waals surface area contributed by atoms with Gasteiger partial charge in [0.1, 0.15) is 30.0 Å². The monoisotopic (exact) mass is 530 g/mol. The molecule has 0 radical (unpaired) electrons. The SMILES string of the molecule is CCNC(=NCc1nnc2n1CCCCC2)NCC(CC)Oc1cccc(F)c1.I. The summed E-state index contributed by atoms with van der Waals surface area (Å²) < 4.78 is 21.5. The molecule has 166 valence electrons. The zero-order valence-corrected chi connectivity index (χ0v) is 20.1. The van der Waals surface area contributed by atoms with Crippen molar-refractivity contribution in [1.29, 1.82) is 0 Å². The van der Waals surface area contributed by atoms with E-state index in [-0.39, 0.29) is 35.9 Å². The summed E-state index contributed by atoms with van der Waals surface area (Å²) in [5.74, 6) is 2.92. The zero-order valence-electron chi connectivity index (χ0n) is 17.7. The molecule has 1 unspecified atom stereocenters. The Morgan fingerprint density at radius 1 is 1.23 bits per heavy atom. The van der Waals surface area contributed by atoms with Crippen LogP contribution in [0.2, 0.25) is 0 Å². The molecule has 30 heavy (non-hydrogen) atoms. The fourth-order valence-electron chi connectivity index (χ4n) is 3.37. The molecular weight excluding hydrogens is 498 g/mol. The van der Waals surface area contributed by atoms with Crippen molar-refractivity contribution in [2.75, 3.05) is 13.1 Å². The van der Waals surface area contributed by atoms with Crippen LogP contribution in [0.5, 0.6) is 5.75 Å². The van der Waals surface area contributed by atoms with E-state index in [9.17, 15) is 4.39 Å². The van der Waals surface area contributed by atoms with Crippen molar-refractivity contribution in [1.82, 2.24) is 25.4 Å². The predicted molar refractivity (Wildman–Crippen MR) is 127 cm³/mol. The van der Waals surface area contributed by atoms with Crippen LogP contribution in [0.15, 0.2) is 29.3 Å². The number of benzene rings is 1. The van der Waals surface area contributed by atoms with Crippen LogP contribution in [-0.2, 0) is 19.5 Å². The molecule has 0 aliphatic carbocycles. The molecule has 1 atom stereocenters. The highest BCUT2D eigenvalue weighted by Gasteiger charge is 2.15. The fourth-order valence-corrected chi connectivity index (χ4v) is 3.37. The minimum Gasteiger partial charge on any atom is -0.489 e. The number of nitrogens with zero attached hydrogens (tertiary/aromatic N) is 4. The van der Waals surface area contributed by atoms with Gasteiger partial charge >= 0.3 is 0 Å². The van der Waals surface area contributed by atoms with Crippen molar-refractivity contribution >= 4 is 29.9 Å². The number of guanidine groups is 1. The minimum atomic E-state index is -0.298. The summed E-state index contributed by atoms with van der Waals surface area (Å²) in [6.07, 6.45) is 5.26. The number of aliphatic imine (C=N–C) groups is 1. The summed E-state index contributed by atoms with van der Waals surface area (Å²) in [6, 6.07) is 6.23. The Morgan fingerprint density at radius 3 is 2.87 bits per heavy atom. The standard InChI is InChI=1S/C21H31FN6O.HI/c1-3-17(29-18-10-8-9-16(22)13-18)14-24-21(23-4-2)25-15-20-27-26-19-11-6-5-7-12-28(19)20;/h8-10,13,17H,3-7,11-12,14-15H2,1-2H3,(H2,23,24,25);1H. The Hall–Kier alpha value is -1.91. The molecule has 1 aromatic carbocycles. The highest BCUT2D eigenvalue weighted by Crippen LogP contribution is 2.16. The lowest BCUT2D eigenvalue weighted by Crippen LogP contribution is -2.42. The van der Waals surface area contributed by atoms with E-state index in [0.29, 0.717) is 24.8 Å². The number of rotatable bonds is 8. The van der Waals surface area contributed by atoms with Gasteiger partial charge in [0.25, 0.3) is 0 Å². The molecule has 0 saturated heterocycles. The highest BCUT2D eigenvalue weighted by atomic mass is 127. The van der Waals surface area contributed by atoms with Gasteiger partial charge in [-0.3, -0.25) is 0 Å². The zero-order chi connectivity index (χ0) is 20.5. The third-order valence-electron chi connectivity index (χ3n) is 4.96. The number of hydrogen-bond donors (Lipinski definition) is 2. The second-order valence-electron chi connectivity index (χ2n) is 7.18. The maximum atomic E-state index is 13.4. The van der Waals surface area contributed by atoms with Crippen LogP contribution in [0.4, 0.5) is 4.39 Å². The van der Waals surface area contributed by atoms with Gasteiger partial charge in [-0.2, -0.15) is 0 Å². The van der Waals surface area contributed by atoms with Crippen LogP contribution in [0, 0.1) is 5.82 Å². The van der Waals surface area contributed by atoms with E-state index < -0.39 is 0 Å². The molecule has 9 heteroatoms. The van der Waals surface area contributed by atoms with E-state index in [1.54, 1.807) is 12.1 Å². The fraction of sp³-hybridized carbons (Fsp3) is 0.571. The molecule has 1 aliphatic rings. The average Bonchev–Trinajstić information content (AvgIpc) is 2.95. The van der Waals surface area contributed by atoms with Crippen molar-refractivity contribution in [3.05, 3.63) is 41.7 Å². The van der Waals surface area contributed by atoms with Gasteiger partial charge in [0.2, 0.25) is 0 Å². The summed E-state index contributed by atoms with van der Waals surface area (Å²) in [7, 11) is 0. The number of fused-ring (bicyclic) bond motifs is 1. The van der Waals surface area contributed by atoms with Gasteiger partial charge in [0.15, 0.2) is 11.8 Å². The van der Waals surface area contributed by atoms with Crippen LogP contribution in [0.3, 0.4) is 0 Å². The number of aromatic nitrogens is 3. The van der Waals surface area contributed by atoms with Gasteiger partial charge < -0.3 is 19.9 Å². The van der Waals surface area contributed by atoms with E-state index in [2.05, 4.69) is 30.4 Å². The first-order valence-corrected chi connectivity index (χ1v) is 10.5. The normalized spacial score (nSPS) is 14.8. The maximum Gasteiger partial charge on any atom is 0.191 e. The van der Waals surface area contributed by atoms with Crippen LogP contribution >= 0.6 is 24.0 Å². The van der Waals surface area contributed by atoms with E-state index >= 15 is 0 Å². The van der Waals surface area contributed by atoms with Crippen LogP contribution in [-0.4, -0.2) is 39.9 Å². The molecule has 0 saturated carbocycles. The minimum absolute atomic E-state index is 0. The van der Waals surface area contributed by atoms with Crippen molar-refractivity contribution in [3.8, 4) is 5.75 Å². The highest BCUT2D eigenvalue weighted by molar-refractivity contribution is 14.0. The summed E-state index contributed by atoms with van der Waals surface area (Å²) in [4.78, 5) is 4.68. The van der Waals surface area contributed by atoms with Crippen molar-refractivity contribution in [2.45, 2.75) is 65.1 Å². The summed E-state index contributed by atoms with van der Waals surface area (Å²) in [5.41, 5.74) is 0. The first kappa shape index (κ1) is 24.4. The second-order valence-corrected chi connectivity index (χ2v) is 7.18. The summed E-state index contributed by atoms with van der Waals surface area (Å²) in [5, 5.41) is 15.3. The maximum absolute atomic E-state index is 13.4. The number of hydrogen-bond acceptors (Lipinski definition) is 4. The summed E-state index contributed by atoms with van der Waals surface area (Å²) >= 11 is 0. The number of halogens is 2. The molecular formula is C21H32FIN6O. The Morgan fingerprint density at radius 2 is 2.10 bits per heavy atom. The molecule has 0 bridgehead atoms. The van der Waals surface area contributed by atoms with Gasteiger partial charge in [0, 0.05) is 25.6 Å². The van der Waals surface area contributed by atoms with E-state index in [4.69, 9.17) is 4.74 Å². The van der Waals surface area contributed by atoms with Gasteiger partial charge in [-0.25, -0.2) is 9.38 Å². The molecule has 0 amide bonds. The molecule has 7 nitrogen and oxygen atoms in total. The third kappa shape index (κ3) is 7.10. The van der Waals surface area contributed by atoms with E-state index in [0.717, 1.165) is 44.0 Å². The summed E-state index contributed by atoms with van der Waals surface area (Å²) in [6.45, 7) is 6.84. The molecule has 3 rings (SSSR count). The Labute approximate surface area is 194 Å². The molecule has 2 aromatic rings. The molecule has 0 fully saturated rings.